The summed E-state index contributed by atoms with van der Waals surface area (Å²) in [5.41, 5.74) is 4.94. The van der Waals surface area contributed by atoms with Gasteiger partial charge in [-0.1, -0.05) is 6.92 Å². The fraction of sp³-hybridized carbons (Fsp3) is 0.417. The molecule has 0 bridgehead atoms. The maximum atomic E-state index is 12.3. The van der Waals surface area contributed by atoms with E-state index < -0.39 is 15.6 Å². The minimum Gasteiger partial charge on any atom is -0.399 e. The standard InChI is InChI=1S/C12H15N3O3S/c1-2-12(16)7-15(8-12)19(17,18)11-4-3-10(14)5-9(11)6-13/h3-5,16H,2,7-8,14H2,1H3. The predicted molar refractivity (Wildman–Crippen MR) is 69.6 cm³/mol. The van der Waals surface area contributed by atoms with Crippen molar-refractivity contribution in [3.05, 3.63) is 23.8 Å². The first kappa shape index (κ1) is 13.8. The molecule has 0 radical (unpaired) electrons. The molecule has 0 aliphatic carbocycles. The van der Waals surface area contributed by atoms with E-state index in [4.69, 9.17) is 11.0 Å². The van der Waals surface area contributed by atoms with Gasteiger partial charge in [0.05, 0.1) is 11.2 Å². The van der Waals surface area contributed by atoms with Crippen LogP contribution in [0, 0.1) is 11.3 Å². The fourth-order valence-corrected chi connectivity index (χ4v) is 3.72. The molecule has 1 saturated heterocycles. The van der Waals surface area contributed by atoms with Crippen LogP contribution >= 0.6 is 0 Å². The Bertz CT molecular complexity index is 643. The Kier molecular flexibility index (Phi) is 3.26. The summed E-state index contributed by atoms with van der Waals surface area (Å²) in [6, 6.07) is 5.93. The van der Waals surface area contributed by atoms with Crippen molar-refractivity contribution in [1.29, 1.82) is 5.26 Å². The quantitative estimate of drug-likeness (QED) is 0.774. The van der Waals surface area contributed by atoms with Crippen molar-refractivity contribution in [2.45, 2.75) is 23.8 Å². The van der Waals surface area contributed by atoms with Crippen LogP contribution in [0.1, 0.15) is 18.9 Å². The second-order valence-corrected chi connectivity index (χ2v) is 6.62. The van der Waals surface area contributed by atoms with Crippen LogP contribution in [0.5, 0.6) is 0 Å². The van der Waals surface area contributed by atoms with Crippen LogP contribution in [0.2, 0.25) is 0 Å². The molecule has 0 aromatic heterocycles. The van der Waals surface area contributed by atoms with Crippen molar-refractivity contribution >= 4 is 15.7 Å². The van der Waals surface area contributed by atoms with Gasteiger partial charge in [0.15, 0.2) is 0 Å². The molecule has 0 saturated carbocycles. The SMILES string of the molecule is CCC1(O)CN(S(=O)(=O)c2ccc(N)cc2C#N)C1. The number of nitrogens with zero attached hydrogens (tertiary/aromatic N) is 2. The fourth-order valence-electron chi connectivity index (χ4n) is 2.00. The Morgan fingerprint density at radius 3 is 2.68 bits per heavy atom. The Hall–Kier alpha value is -1.62. The maximum Gasteiger partial charge on any atom is 0.244 e. The molecule has 0 atom stereocenters. The zero-order chi connectivity index (χ0) is 14.3. The molecule has 7 heteroatoms. The van der Waals surface area contributed by atoms with Crippen LogP contribution in [0.25, 0.3) is 0 Å². The van der Waals surface area contributed by atoms with Crippen LogP contribution in [0.3, 0.4) is 0 Å². The number of rotatable bonds is 3. The molecule has 19 heavy (non-hydrogen) atoms. The summed E-state index contributed by atoms with van der Waals surface area (Å²) in [6.45, 7) is 1.91. The van der Waals surface area contributed by atoms with Gasteiger partial charge in [-0.25, -0.2) is 8.42 Å². The molecular formula is C12H15N3O3S. The van der Waals surface area contributed by atoms with Gasteiger partial charge in [0.1, 0.15) is 11.0 Å². The summed E-state index contributed by atoms with van der Waals surface area (Å²) in [4.78, 5) is -0.0673. The molecule has 1 aliphatic rings. The highest BCUT2D eigenvalue weighted by atomic mass is 32.2. The zero-order valence-electron chi connectivity index (χ0n) is 10.5. The molecule has 102 valence electrons. The molecule has 1 fully saturated rings. The lowest BCUT2D eigenvalue weighted by atomic mass is 9.94. The first-order valence-corrected chi connectivity index (χ1v) is 7.28. The van der Waals surface area contributed by atoms with E-state index >= 15 is 0 Å². The maximum absolute atomic E-state index is 12.3. The lowest BCUT2D eigenvalue weighted by molar-refractivity contribution is -0.0613. The number of hydrogen-bond donors (Lipinski definition) is 2. The second kappa shape index (κ2) is 4.49. The van der Waals surface area contributed by atoms with E-state index in [0.717, 1.165) is 0 Å². The van der Waals surface area contributed by atoms with Crippen LogP contribution in [-0.2, 0) is 10.0 Å². The third kappa shape index (κ3) is 2.30. The molecular weight excluding hydrogens is 266 g/mol. The Labute approximate surface area is 112 Å². The highest BCUT2D eigenvalue weighted by Crippen LogP contribution is 2.31. The Morgan fingerprint density at radius 1 is 1.53 bits per heavy atom. The number of nitrogen functional groups attached to an aromatic ring is 1. The topological polar surface area (TPSA) is 107 Å². The first-order valence-electron chi connectivity index (χ1n) is 5.84. The number of nitriles is 1. The van der Waals surface area contributed by atoms with Gasteiger partial charge in [0, 0.05) is 18.8 Å². The normalized spacial score (nSPS) is 18.6. The van der Waals surface area contributed by atoms with E-state index in [1.165, 1.54) is 22.5 Å². The van der Waals surface area contributed by atoms with Crippen molar-refractivity contribution in [3.63, 3.8) is 0 Å². The summed E-state index contributed by atoms with van der Waals surface area (Å²) in [6.07, 6.45) is 0.492. The van der Waals surface area contributed by atoms with E-state index in [2.05, 4.69) is 0 Å². The summed E-state index contributed by atoms with van der Waals surface area (Å²) in [7, 11) is -3.75. The van der Waals surface area contributed by atoms with Crippen LogP contribution in [0.15, 0.2) is 23.1 Å². The molecule has 0 unspecified atom stereocenters. The highest BCUT2D eigenvalue weighted by molar-refractivity contribution is 7.89. The molecule has 1 heterocycles. The Morgan fingerprint density at radius 2 is 2.16 bits per heavy atom. The highest BCUT2D eigenvalue weighted by Gasteiger charge is 2.46. The van der Waals surface area contributed by atoms with Crippen LogP contribution < -0.4 is 5.73 Å². The summed E-state index contributed by atoms with van der Waals surface area (Å²) in [5.74, 6) is 0. The molecule has 1 aromatic rings. The van der Waals surface area contributed by atoms with Crippen LogP contribution in [-0.4, -0.2) is 36.5 Å². The average molecular weight is 281 g/mol. The number of hydrogen-bond acceptors (Lipinski definition) is 5. The van der Waals surface area contributed by atoms with Crippen molar-refractivity contribution < 1.29 is 13.5 Å². The lowest BCUT2D eigenvalue weighted by Crippen LogP contribution is -2.62. The molecule has 3 N–H and O–H groups in total. The lowest BCUT2D eigenvalue weighted by Gasteiger charge is -2.44. The second-order valence-electron chi connectivity index (χ2n) is 4.72. The van der Waals surface area contributed by atoms with Crippen LogP contribution in [0.4, 0.5) is 5.69 Å². The predicted octanol–water partition coefficient (Wildman–Crippen LogP) is 0.286. The van der Waals surface area contributed by atoms with Gasteiger partial charge in [0.2, 0.25) is 10.0 Å². The summed E-state index contributed by atoms with van der Waals surface area (Å²) >= 11 is 0. The van der Waals surface area contributed by atoms with E-state index in [1.807, 2.05) is 6.07 Å². The number of β-amino-alcohol motifs (C(OH)–C–C–N with tert-alkyl or cyclic N) is 1. The van der Waals surface area contributed by atoms with E-state index in [-0.39, 0.29) is 23.5 Å². The van der Waals surface area contributed by atoms with Gasteiger partial charge < -0.3 is 10.8 Å². The van der Waals surface area contributed by atoms with Gasteiger partial charge in [0.25, 0.3) is 0 Å². The molecule has 1 aromatic carbocycles. The van der Waals surface area contributed by atoms with Crippen molar-refractivity contribution in [3.8, 4) is 6.07 Å². The van der Waals surface area contributed by atoms with Crippen molar-refractivity contribution in [2.24, 2.45) is 0 Å². The summed E-state index contributed by atoms with van der Waals surface area (Å²) in [5, 5.41) is 18.9. The first-order chi connectivity index (χ1) is 8.82. The van der Waals surface area contributed by atoms with Gasteiger partial charge >= 0.3 is 0 Å². The van der Waals surface area contributed by atoms with Crippen molar-refractivity contribution in [1.82, 2.24) is 4.31 Å². The minimum atomic E-state index is -3.75. The molecule has 0 amide bonds. The molecule has 1 aliphatic heterocycles. The largest absolute Gasteiger partial charge is 0.399 e. The van der Waals surface area contributed by atoms with E-state index in [9.17, 15) is 13.5 Å². The number of anilines is 1. The third-order valence-electron chi connectivity index (χ3n) is 3.34. The van der Waals surface area contributed by atoms with Gasteiger partial charge in [-0.3, -0.25) is 0 Å². The minimum absolute atomic E-state index is 0.0203. The Balaban J connectivity index is 2.35. The van der Waals surface area contributed by atoms with Gasteiger partial charge in [-0.05, 0) is 24.6 Å². The van der Waals surface area contributed by atoms with E-state index in [0.29, 0.717) is 12.1 Å². The third-order valence-corrected chi connectivity index (χ3v) is 5.19. The number of aliphatic hydroxyl groups is 1. The molecule has 2 rings (SSSR count). The van der Waals surface area contributed by atoms with Crippen molar-refractivity contribution in [2.75, 3.05) is 18.8 Å². The molecule has 6 nitrogen and oxygen atoms in total. The van der Waals surface area contributed by atoms with Gasteiger partial charge in [-0.15, -0.1) is 0 Å². The zero-order valence-corrected chi connectivity index (χ0v) is 11.3. The number of benzene rings is 1. The number of sulfonamides is 1. The van der Waals surface area contributed by atoms with Gasteiger partial charge in [-0.2, -0.15) is 9.57 Å². The van der Waals surface area contributed by atoms with E-state index in [1.54, 1.807) is 6.92 Å². The monoisotopic (exact) mass is 281 g/mol. The molecule has 0 spiro atoms. The smallest absolute Gasteiger partial charge is 0.244 e. The average Bonchev–Trinajstić information content (AvgIpc) is 2.34. The number of nitrogens with two attached hydrogens (primary N) is 1. The summed E-state index contributed by atoms with van der Waals surface area (Å²) < 4.78 is 25.8.